The van der Waals surface area contributed by atoms with Gasteiger partial charge in [-0.25, -0.2) is 9.97 Å². The minimum atomic E-state index is 0.292. The van der Waals surface area contributed by atoms with E-state index >= 15 is 0 Å². The number of pyridine rings is 2. The average Bonchev–Trinajstić information content (AvgIpc) is 2.64. The van der Waals surface area contributed by atoms with Crippen LogP contribution < -0.4 is 10.2 Å². The molecule has 7 heteroatoms. The molecule has 3 rings (SSSR count). The van der Waals surface area contributed by atoms with Crippen LogP contribution in [-0.2, 0) is 0 Å². The number of rotatable bonds is 3. The number of halogens is 1. The number of nitriles is 2. The summed E-state index contributed by atoms with van der Waals surface area (Å²) in [5.74, 6) is 1.56. The fourth-order valence-electron chi connectivity index (χ4n) is 2.70. The summed E-state index contributed by atoms with van der Waals surface area (Å²) in [6.45, 7) is 1.74. The third-order valence-corrected chi connectivity index (χ3v) is 4.32. The van der Waals surface area contributed by atoms with E-state index in [0.717, 1.165) is 31.7 Å². The summed E-state index contributed by atoms with van der Waals surface area (Å²) >= 11 is 5.90. The first-order valence-electron chi connectivity index (χ1n) is 7.63. The summed E-state index contributed by atoms with van der Waals surface area (Å²) in [5, 5.41) is 21.6. The van der Waals surface area contributed by atoms with E-state index in [2.05, 4.69) is 32.3 Å². The van der Waals surface area contributed by atoms with Crippen molar-refractivity contribution < 1.29 is 0 Å². The molecule has 0 unspecified atom stereocenters. The van der Waals surface area contributed by atoms with Crippen LogP contribution in [0.2, 0.25) is 5.02 Å². The van der Waals surface area contributed by atoms with Crippen molar-refractivity contribution in [2.45, 2.75) is 18.9 Å². The van der Waals surface area contributed by atoms with Crippen molar-refractivity contribution in [1.29, 1.82) is 10.5 Å². The molecule has 0 spiro atoms. The van der Waals surface area contributed by atoms with Crippen LogP contribution in [-0.4, -0.2) is 29.1 Å². The Labute approximate surface area is 145 Å². The molecule has 1 N–H and O–H groups in total. The van der Waals surface area contributed by atoms with Crippen molar-refractivity contribution in [2.75, 3.05) is 23.3 Å². The van der Waals surface area contributed by atoms with Gasteiger partial charge in [-0.15, -0.1) is 0 Å². The molecular formula is C17H15ClN6. The number of hydrogen-bond donors (Lipinski definition) is 1. The van der Waals surface area contributed by atoms with Gasteiger partial charge in [-0.05, 0) is 31.0 Å². The summed E-state index contributed by atoms with van der Waals surface area (Å²) in [6.07, 6.45) is 4.97. The zero-order valence-corrected chi connectivity index (χ0v) is 13.7. The summed E-state index contributed by atoms with van der Waals surface area (Å²) in [4.78, 5) is 10.8. The third kappa shape index (κ3) is 3.56. The van der Waals surface area contributed by atoms with E-state index in [0.29, 0.717) is 28.0 Å². The van der Waals surface area contributed by atoms with Crippen LogP contribution in [0.1, 0.15) is 24.0 Å². The highest BCUT2D eigenvalue weighted by Gasteiger charge is 2.20. The molecule has 6 nitrogen and oxygen atoms in total. The van der Waals surface area contributed by atoms with E-state index in [4.69, 9.17) is 22.1 Å². The molecular weight excluding hydrogens is 324 g/mol. The van der Waals surface area contributed by atoms with Crippen LogP contribution in [0.4, 0.5) is 11.6 Å². The first kappa shape index (κ1) is 16.0. The SMILES string of the molecule is N#Cc1ccc(N2CCC(Nc3cc(C#N)c(Cl)cn3)CC2)nc1. The first-order valence-corrected chi connectivity index (χ1v) is 8.00. The zero-order chi connectivity index (χ0) is 16.9. The van der Waals surface area contributed by atoms with Crippen LogP contribution in [0.15, 0.2) is 30.6 Å². The molecule has 0 atom stereocenters. The number of anilines is 2. The Morgan fingerprint density at radius 3 is 2.54 bits per heavy atom. The maximum absolute atomic E-state index is 9.02. The smallest absolute Gasteiger partial charge is 0.128 e. The van der Waals surface area contributed by atoms with E-state index in [-0.39, 0.29) is 0 Å². The normalized spacial score (nSPS) is 14.7. The van der Waals surface area contributed by atoms with Gasteiger partial charge in [0.05, 0.1) is 16.1 Å². The van der Waals surface area contributed by atoms with Crippen LogP contribution in [0.3, 0.4) is 0 Å². The summed E-state index contributed by atoms with van der Waals surface area (Å²) in [6, 6.07) is 9.77. The van der Waals surface area contributed by atoms with Crippen molar-refractivity contribution in [3.63, 3.8) is 0 Å². The number of nitrogens with zero attached hydrogens (tertiary/aromatic N) is 5. The highest BCUT2D eigenvalue weighted by Crippen LogP contribution is 2.22. The van der Waals surface area contributed by atoms with Crippen molar-refractivity contribution in [2.24, 2.45) is 0 Å². The van der Waals surface area contributed by atoms with Gasteiger partial charge in [-0.2, -0.15) is 10.5 Å². The molecule has 0 bridgehead atoms. The first-order chi connectivity index (χ1) is 11.7. The quantitative estimate of drug-likeness (QED) is 0.925. The van der Waals surface area contributed by atoms with Crippen LogP contribution >= 0.6 is 11.6 Å². The standard InChI is InChI=1S/C17H15ClN6/c18-15-11-21-16(7-13(15)9-20)23-14-3-5-24(6-4-14)17-2-1-12(8-19)10-22-17/h1-2,7,10-11,14H,3-6H2,(H,21,23). The topological polar surface area (TPSA) is 88.6 Å². The molecule has 1 fully saturated rings. The second-order valence-electron chi connectivity index (χ2n) is 5.58. The number of nitrogens with one attached hydrogen (secondary N) is 1. The van der Waals surface area contributed by atoms with E-state index in [1.54, 1.807) is 18.3 Å². The fraction of sp³-hybridized carbons (Fsp3) is 0.294. The molecule has 3 heterocycles. The Hall–Kier alpha value is -2.83. The van der Waals surface area contributed by atoms with Gasteiger partial charge < -0.3 is 10.2 Å². The molecule has 2 aromatic rings. The lowest BCUT2D eigenvalue weighted by atomic mass is 10.0. The molecule has 0 radical (unpaired) electrons. The molecule has 1 aliphatic rings. The maximum atomic E-state index is 9.02. The average molecular weight is 339 g/mol. The highest BCUT2D eigenvalue weighted by molar-refractivity contribution is 6.31. The molecule has 0 aliphatic carbocycles. The van der Waals surface area contributed by atoms with Gasteiger partial charge in [0.15, 0.2) is 0 Å². The highest BCUT2D eigenvalue weighted by atomic mass is 35.5. The second-order valence-corrected chi connectivity index (χ2v) is 5.99. The monoisotopic (exact) mass is 338 g/mol. The molecule has 120 valence electrons. The number of aromatic nitrogens is 2. The molecule has 0 amide bonds. The molecule has 2 aromatic heterocycles. The molecule has 1 saturated heterocycles. The Balaban J connectivity index is 1.59. The van der Waals surface area contributed by atoms with E-state index in [9.17, 15) is 0 Å². The Bertz CT molecular complexity index is 797. The molecule has 0 aromatic carbocycles. The predicted molar refractivity (Wildman–Crippen MR) is 91.8 cm³/mol. The van der Waals surface area contributed by atoms with Crippen molar-refractivity contribution >= 4 is 23.2 Å². The summed E-state index contributed by atoms with van der Waals surface area (Å²) < 4.78 is 0. The lowest BCUT2D eigenvalue weighted by Crippen LogP contribution is -2.39. The van der Waals surface area contributed by atoms with Crippen molar-refractivity contribution in [3.8, 4) is 12.1 Å². The van der Waals surface area contributed by atoms with Gasteiger partial charge in [-0.1, -0.05) is 11.6 Å². The Kier molecular flexibility index (Phi) is 4.79. The maximum Gasteiger partial charge on any atom is 0.128 e. The Morgan fingerprint density at radius 2 is 1.92 bits per heavy atom. The van der Waals surface area contributed by atoms with Gasteiger partial charge >= 0.3 is 0 Å². The summed E-state index contributed by atoms with van der Waals surface area (Å²) in [5.41, 5.74) is 0.991. The van der Waals surface area contributed by atoms with E-state index in [1.165, 1.54) is 6.20 Å². The zero-order valence-electron chi connectivity index (χ0n) is 12.9. The van der Waals surface area contributed by atoms with Gasteiger partial charge in [0, 0.05) is 31.5 Å². The van der Waals surface area contributed by atoms with Crippen LogP contribution in [0, 0.1) is 22.7 Å². The lowest BCUT2D eigenvalue weighted by molar-refractivity contribution is 0.522. The lowest BCUT2D eigenvalue weighted by Gasteiger charge is -2.33. The number of hydrogen-bond acceptors (Lipinski definition) is 6. The van der Waals surface area contributed by atoms with Crippen molar-refractivity contribution in [3.05, 3.63) is 46.7 Å². The van der Waals surface area contributed by atoms with Gasteiger partial charge in [0.1, 0.15) is 23.8 Å². The third-order valence-electron chi connectivity index (χ3n) is 4.02. The van der Waals surface area contributed by atoms with Crippen LogP contribution in [0.25, 0.3) is 0 Å². The molecule has 24 heavy (non-hydrogen) atoms. The van der Waals surface area contributed by atoms with Gasteiger partial charge in [0.25, 0.3) is 0 Å². The minimum absolute atomic E-state index is 0.292. The summed E-state index contributed by atoms with van der Waals surface area (Å²) in [7, 11) is 0. The minimum Gasteiger partial charge on any atom is -0.367 e. The Morgan fingerprint density at radius 1 is 1.12 bits per heavy atom. The van der Waals surface area contributed by atoms with E-state index < -0.39 is 0 Å². The fourth-order valence-corrected chi connectivity index (χ4v) is 2.85. The molecule has 1 aliphatic heterocycles. The van der Waals surface area contributed by atoms with Gasteiger partial charge in [-0.3, -0.25) is 0 Å². The van der Waals surface area contributed by atoms with Crippen LogP contribution in [0.5, 0.6) is 0 Å². The van der Waals surface area contributed by atoms with E-state index in [1.807, 2.05) is 6.07 Å². The van der Waals surface area contributed by atoms with Gasteiger partial charge in [0.2, 0.25) is 0 Å². The second kappa shape index (κ2) is 7.16. The van der Waals surface area contributed by atoms with Crippen molar-refractivity contribution in [1.82, 2.24) is 9.97 Å². The number of piperidine rings is 1. The largest absolute Gasteiger partial charge is 0.367 e. The molecule has 0 saturated carbocycles. The predicted octanol–water partition coefficient (Wildman–Crippen LogP) is 2.95.